The molecule has 4 nitrogen and oxygen atoms in total. The van der Waals surface area contributed by atoms with E-state index in [-0.39, 0.29) is 5.60 Å². The highest BCUT2D eigenvalue weighted by Gasteiger charge is 2.31. The van der Waals surface area contributed by atoms with Crippen LogP contribution in [0.3, 0.4) is 0 Å². The lowest BCUT2D eigenvalue weighted by molar-refractivity contribution is -0.0708. The summed E-state index contributed by atoms with van der Waals surface area (Å²) in [6.45, 7) is 8.26. The van der Waals surface area contributed by atoms with Crippen molar-refractivity contribution in [3.63, 3.8) is 0 Å². The zero-order valence-corrected chi connectivity index (χ0v) is 11.1. The van der Waals surface area contributed by atoms with E-state index in [1.54, 1.807) is 0 Å². The van der Waals surface area contributed by atoms with Gasteiger partial charge in [-0.15, -0.1) is 0 Å². The SMILES string of the molecule is CCn1cc(NC2CCOC(C)(CC)C2)cn1. The van der Waals surface area contributed by atoms with E-state index in [0.29, 0.717) is 6.04 Å². The molecule has 0 aromatic carbocycles. The monoisotopic (exact) mass is 237 g/mol. The van der Waals surface area contributed by atoms with E-state index in [4.69, 9.17) is 4.74 Å². The minimum atomic E-state index is 0.0384. The molecule has 17 heavy (non-hydrogen) atoms. The summed E-state index contributed by atoms with van der Waals surface area (Å²) in [5.74, 6) is 0. The Morgan fingerprint density at radius 1 is 1.59 bits per heavy atom. The molecule has 96 valence electrons. The standard InChI is InChI=1S/C13H23N3O/c1-4-13(3)8-11(6-7-17-13)15-12-9-14-16(5-2)10-12/h9-11,15H,4-8H2,1-3H3. The average Bonchev–Trinajstić information content (AvgIpc) is 2.77. The molecule has 2 rings (SSSR count). The van der Waals surface area contributed by atoms with Crippen LogP contribution in [0, 0.1) is 0 Å². The molecule has 0 aliphatic carbocycles. The molecule has 1 saturated heterocycles. The summed E-state index contributed by atoms with van der Waals surface area (Å²) in [4.78, 5) is 0. The van der Waals surface area contributed by atoms with Gasteiger partial charge in [-0.25, -0.2) is 0 Å². The lowest BCUT2D eigenvalue weighted by Crippen LogP contribution is -2.41. The quantitative estimate of drug-likeness (QED) is 0.875. The highest BCUT2D eigenvalue weighted by molar-refractivity contribution is 5.39. The van der Waals surface area contributed by atoms with Gasteiger partial charge in [-0.05, 0) is 33.1 Å². The molecule has 2 unspecified atom stereocenters. The van der Waals surface area contributed by atoms with Crippen molar-refractivity contribution in [1.29, 1.82) is 0 Å². The number of aromatic nitrogens is 2. The van der Waals surface area contributed by atoms with Gasteiger partial charge in [0.2, 0.25) is 0 Å². The molecule has 1 aliphatic rings. The molecule has 1 aliphatic heterocycles. The predicted octanol–water partition coefficient (Wildman–Crippen LogP) is 2.66. The van der Waals surface area contributed by atoms with Gasteiger partial charge in [0.05, 0.1) is 17.5 Å². The van der Waals surface area contributed by atoms with Crippen molar-refractivity contribution in [1.82, 2.24) is 9.78 Å². The van der Waals surface area contributed by atoms with Crippen LogP contribution >= 0.6 is 0 Å². The van der Waals surface area contributed by atoms with Crippen LogP contribution in [-0.2, 0) is 11.3 Å². The number of hydrogen-bond donors (Lipinski definition) is 1. The Balaban J connectivity index is 1.94. The lowest BCUT2D eigenvalue weighted by Gasteiger charge is -2.38. The van der Waals surface area contributed by atoms with E-state index < -0.39 is 0 Å². The van der Waals surface area contributed by atoms with Crippen LogP contribution in [0.5, 0.6) is 0 Å². The van der Waals surface area contributed by atoms with E-state index in [0.717, 1.165) is 38.1 Å². The summed E-state index contributed by atoms with van der Waals surface area (Å²) in [5.41, 5.74) is 1.16. The van der Waals surface area contributed by atoms with Crippen LogP contribution in [-0.4, -0.2) is 28.0 Å². The summed E-state index contributed by atoms with van der Waals surface area (Å²) in [6, 6.07) is 0.503. The van der Waals surface area contributed by atoms with Crippen molar-refractivity contribution in [2.24, 2.45) is 0 Å². The molecule has 0 saturated carbocycles. The van der Waals surface area contributed by atoms with Gasteiger partial charge < -0.3 is 10.1 Å². The molecule has 2 atom stereocenters. The van der Waals surface area contributed by atoms with Crippen LogP contribution in [0.15, 0.2) is 12.4 Å². The topological polar surface area (TPSA) is 39.1 Å². The van der Waals surface area contributed by atoms with Crippen molar-refractivity contribution >= 4 is 5.69 Å². The van der Waals surface area contributed by atoms with E-state index in [1.165, 1.54) is 0 Å². The molecule has 0 amide bonds. The first-order chi connectivity index (χ1) is 8.15. The second kappa shape index (κ2) is 5.08. The van der Waals surface area contributed by atoms with E-state index in [9.17, 15) is 0 Å². The Bertz CT molecular complexity index is 363. The summed E-state index contributed by atoms with van der Waals surface area (Å²) >= 11 is 0. The maximum Gasteiger partial charge on any atom is 0.0728 e. The number of hydrogen-bond acceptors (Lipinski definition) is 3. The maximum atomic E-state index is 5.85. The first-order valence-corrected chi connectivity index (χ1v) is 6.58. The van der Waals surface area contributed by atoms with E-state index in [2.05, 4.69) is 37.4 Å². The van der Waals surface area contributed by atoms with Gasteiger partial charge in [-0.3, -0.25) is 4.68 Å². The summed E-state index contributed by atoms with van der Waals surface area (Å²) in [5, 5.41) is 7.84. The zero-order valence-electron chi connectivity index (χ0n) is 11.1. The second-order valence-electron chi connectivity index (χ2n) is 5.07. The van der Waals surface area contributed by atoms with Gasteiger partial charge in [0, 0.05) is 25.4 Å². The van der Waals surface area contributed by atoms with Crippen LogP contribution in [0.1, 0.15) is 40.0 Å². The number of nitrogens with one attached hydrogen (secondary N) is 1. The normalized spacial score (nSPS) is 29.2. The van der Waals surface area contributed by atoms with Crippen LogP contribution in [0.2, 0.25) is 0 Å². The highest BCUT2D eigenvalue weighted by atomic mass is 16.5. The summed E-state index contributed by atoms with van der Waals surface area (Å²) < 4.78 is 7.79. The van der Waals surface area contributed by atoms with Crippen molar-refractivity contribution in [2.75, 3.05) is 11.9 Å². The van der Waals surface area contributed by atoms with Gasteiger partial charge in [0.1, 0.15) is 0 Å². The van der Waals surface area contributed by atoms with Crippen molar-refractivity contribution in [3.05, 3.63) is 12.4 Å². The van der Waals surface area contributed by atoms with Crippen LogP contribution in [0.4, 0.5) is 5.69 Å². The number of rotatable bonds is 4. The minimum absolute atomic E-state index is 0.0384. The molecule has 1 N–H and O–H groups in total. The van der Waals surface area contributed by atoms with Crippen LogP contribution < -0.4 is 5.32 Å². The Labute approximate surface area is 103 Å². The molecule has 1 aromatic rings. The number of nitrogens with zero attached hydrogens (tertiary/aromatic N) is 2. The zero-order chi connectivity index (χ0) is 12.3. The first kappa shape index (κ1) is 12.4. The van der Waals surface area contributed by atoms with E-state index in [1.807, 2.05) is 10.9 Å². The third kappa shape index (κ3) is 3.00. The molecular formula is C13H23N3O. The molecule has 0 radical (unpaired) electrons. The van der Waals surface area contributed by atoms with Crippen LogP contribution in [0.25, 0.3) is 0 Å². The Morgan fingerprint density at radius 3 is 3.06 bits per heavy atom. The Hall–Kier alpha value is -1.03. The molecule has 4 heteroatoms. The molecule has 1 aromatic heterocycles. The van der Waals surface area contributed by atoms with Gasteiger partial charge in [-0.1, -0.05) is 6.92 Å². The number of aryl methyl sites for hydroxylation is 1. The van der Waals surface area contributed by atoms with Crippen molar-refractivity contribution < 1.29 is 4.74 Å². The third-order valence-electron chi connectivity index (χ3n) is 3.67. The lowest BCUT2D eigenvalue weighted by atomic mass is 9.90. The fourth-order valence-corrected chi connectivity index (χ4v) is 2.35. The van der Waals surface area contributed by atoms with Gasteiger partial charge >= 0.3 is 0 Å². The van der Waals surface area contributed by atoms with Gasteiger partial charge in [0.15, 0.2) is 0 Å². The third-order valence-corrected chi connectivity index (χ3v) is 3.67. The highest BCUT2D eigenvalue weighted by Crippen LogP contribution is 2.29. The number of ether oxygens (including phenoxy) is 1. The maximum absolute atomic E-state index is 5.85. The fourth-order valence-electron chi connectivity index (χ4n) is 2.35. The molecule has 1 fully saturated rings. The molecule has 2 heterocycles. The Kier molecular flexibility index (Phi) is 3.72. The fraction of sp³-hybridized carbons (Fsp3) is 0.769. The van der Waals surface area contributed by atoms with Crippen molar-refractivity contribution in [2.45, 2.75) is 58.2 Å². The molecule has 0 bridgehead atoms. The van der Waals surface area contributed by atoms with Gasteiger partial charge in [-0.2, -0.15) is 5.10 Å². The van der Waals surface area contributed by atoms with Crippen molar-refractivity contribution in [3.8, 4) is 0 Å². The average molecular weight is 237 g/mol. The number of anilines is 1. The smallest absolute Gasteiger partial charge is 0.0728 e. The first-order valence-electron chi connectivity index (χ1n) is 6.58. The minimum Gasteiger partial charge on any atom is -0.380 e. The summed E-state index contributed by atoms with van der Waals surface area (Å²) in [6.07, 6.45) is 7.19. The molecule has 0 spiro atoms. The Morgan fingerprint density at radius 2 is 2.41 bits per heavy atom. The predicted molar refractivity (Wildman–Crippen MR) is 69.2 cm³/mol. The second-order valence-corrected chi connectivity index (χ2v) is 5.07. The largest absolute Gasteiger partial charge is 0.380 e. The van der Waals surface area contributed by atoms with Gasteiger partial charge in [0.25, 0.3) is 0 Å². The molecular weight excluding hydrogens is 214 g/mol. The summed E-state index contributed by atoms with van der Waals surface area (Å²) in [7, 11) is 0. The van der Waals surface area contributed by atoms with E-state index >= 15 is 0 Å².